The molecule has 0 amide bonds. The number of carboxylic acid groups (broad SMARTS) is 1. The lowest BCUT2D eigenvalue weighted by Gasteiger charge is -2.12. The Morgan fingerprint density at radius 3 is 2.35 bits per heavy atom. The summed E-state index contributed by atoms with van der Waals surface area (Å²) in [6, 6.07) is 8.03. The third-order valence-electron chi connectivity index (χ3n) is 2.48. The largest absolute Gasteiger partial charge is 0.481 e. The van der Waals surface area contributed by atoms with Gasteiger partial charge in [-0.25, -0.2) is 0 Å². The fraction of sp³-hybridized carbons (Fsp3) is 0.462. The van der Waals surface area contributed by atoms with E-state index in [1.807, 2.05) is 25.1 Å². The summed E-state index contributed by atoms with van der Waals surface area (Å²) in [5, 5.41) is 17.2. The van der Waals surface area contributed by atoms with E-state index in [1.54, 1.807) is 6.92 Å². The molecular formula is C13H19NO3. The van der Waals surface area contributed by atoms with E-state index in [1.165, 1.54) is 5.69 Å². The number of rotatable bonds is 3. The van der Waals surface area contributed by atoms with Crippen LogP contribution in [0, 0.1) is 0 Å². The molecule has 1 heterocycles. The minimum atomic E-state index is -0.745. The highest BCUT2D eigenvalue weighted by Crippen LogP contribution is 2.29. The first-order chi connectivity index (χ1) is 8.06. The molecule has 2 N–H and O–H groups in total. The number of benzene rings is 1. The molecule has 1 unspecified atom stereocenters. The molecule has 1 aliphatic heterocycles. The SMILES string of the molecule is CC(O)c1ccccc1N1CC1.CCC(=O)O. The van der Waals surface area contributed by atoms with Gasteiger partial charge >= 0.3 is 5.97 Å². The number of aliphatic hydroxyl groups excluding tert-OH is 1. The topological polar surface area (TPSA) is 60.5 Å². The van der Waals surface area contributed by atoms with Crippen molar-refractivity contribution in [3.05, 3.63) is 29.8 Å². The maximum atomic E-state index is 9.45. The van der Waals surface area contributed by atoms with Gasteiger partial charge in [0.05, 0.1) is 6.10 Å². The molecule has 0 spiro atoms. The summed E-state index contributed by atoms with van der Waals surface area (Å²) in [7, 11) is 0. The molecule has 1 fully saturated rings. The summed E-state index contributed by atoms with van der Waals surface area (Å²) < 4.78 is 0. The van der Waals surface area contributed by atoms with Crippen LogP contribution in [0.3, 0.4) is 0 Å². The van der Waals surface area contributed by atoms with E-state index in [2.05, 4.69) is 11.0 Å². The number of anilines is 1. The van der Waals surface area contributed by atoms with Crippen LogP contribution >= 0.6 is 0 Å². The molecule has 0 radical (unpaired) electrons. The molecule has 1 saturated heterocycles. The summed E-state index contributed by atoms with van der Waals surface area (Å²) >= 11 is 0. The average molecular weight is 237 g/mol. The van der Waals surface area contributed by atoms with Crippen LogP contribution in [-0.2, 0) is 4.79 Å². The zero-order chi connectivity index (χ0) is 12.8. The van der Waals surface area contributed by atoms with Crippen molar-refractivity contribution in [2.75, 3.05) is 18.0 Å². The summed E-state index contributed by atoms with van der Waals surface area (Å²) in [5.41, 5.74) is 2.22. The van der Waals surface area contributed by atoms with Gasteiger partial charge in [-0.15, -0.1) is 0 Å². The number of aliphatic carboxylic acids is 1. The molecule has 1 aromatic rings. The molecular weight excluding hydrogens is 218 g/mol. The van der Waals surface area contributed by atoms with Crippen LogP contribution in [0.5, 0.6) is 0 Å². The van der Waals surface area contributed by atoms with Crippen LogP contribution in [0.25, 0.3) is 0 Å². The van der Waals surface area contributed by atoms with Crippen molar-refractivity contribution in [3.8, 4) is 0 Å². The molecule has 0 aliphatic carbocycles. The predicted octanol–water partition coefficient (Wildman–Crippen LogP) is 2.04. The van der Waals surface area contributed by atoms with Crippen LogP contribution in [0.1, 0.15) is 31.9 Å². The van der Waals surface area contributed by atoms with Gasteiger partial charge in [0.1, 0.15) is 0 Å². The van der Waals surface area contributed by atoms with Gasteiger partial charge in [0, 0.05) is 30.8 Å². The van der Waals surface area contributed by atoms with E-state index in [0.717, 1.165) is 18.7 Å². The predicted molar refractivity (Wildman–Crippen MR) is 67.2 cm³/mol. The average Bonchev–Trinajstić information content (AvgIpc) is 3.13. The van der Waals surface area contributed by atoms with Gasteiger partial charge in [-0.2, -0.15) is 0 Å². The van der Waals surface area contributed by atoms with Crippen LogP contribution in [0.4, 0.5) is 5.69 Å². The maximum absolute atomic E-state index is 9.45. The Morgan fingerprint density at radius 1 is 1.41 bits per heavy atom. The number of hydrogen-bond acceptors (Lipinski definition) is 3. The summed E-state index contributed by atoms with van der Waals surface area (Å²) in [4.78, 5) is 11.6. The number of hydrogen-bond donors (Lipinski definition) is 2. The van der Waals surface area contributed by atoms with Crippen molar-refractivity contribution in [2.45, 2.75) is 26.4 Å². The van der Waals surface area contributed by atoms with Gasteiger partial charge in [-0.1, -0.05) is 25.1 Å². The Labute approximate surface area is 101 Å². The monoisotopic (exact) mass is 237 g/mol. The Morgan fingerprint density at radius 2 is 1.94 bits per heavy atom. The van der Waals surface area contributed by atoms with E-state index in [0.29, 0.717) is 0 Å². The van der Waals surface area contributed by atoms with Gasteiger partial charge in [-0.05, 0) is 13.0 Å². The second-order valence-corrected chi connectivity index (χ2v) is 3.97. The smallest absolute Gasteiger partial charge is 0.303 e. The van der Waals surface area contributed by atoms with Crippen LogP contribution in [-0.4, -0.2) is 29.3 Å². The number of nitrogens with zero attached hydrogens (tertiary/aromatic N) is 1. The Balaban J connectivity index is 0.000000249. The van der Waals surface area contributed by atoms with Gasteiger partial charge in [0.15, 0.2) is 0 Å². The van der Waals surface area contributed by atoms with Gasteiger partial charge in [-0.3, -0.25) is 4.79 Å². The Bertz CT molecular complexity index is 352. The van der Waals surface area contributed by atoms with E-state index in [4.69, 9.17) is 5.11 Å². The molecule has 4 nitrogen and oxygen atoms in total. The molecule has 0 aromatic heterocycles. The first kappa shape index (κ1) is 13.5. The molecule has 0 bridgehead atoms. The number of carbonyl (C=O) groups is 1. The molecule has 94 valence electrons. The van der Waals surface area contributed by atoms with Crippen LogP contribution in [0.15, 0.2) is 24.3 Å². The molecule has 17 heavy (non-hydrogen) atoms. The molecule has 0 saturated carbocycles. The normalized spacial score (nSPS) is 14.6. The molecule has 2 rings (SSSR count). The summed E-state index contributed by atoms with van der Waals surface area (Å²) in [6.45, 7) is 5.66. The molecule has 1 aliphatic rings. The minimum Gasteiger partial charge on any atom is -0.481 e. The first-order valence-electron chi connectivity index (χ1n) is 5.80. The maximum Gasteiger partial charge on any atom is 0.303 e. The summed E-state index contributed by atoms with van der Waals surface area (Å²) in [6.07, 6.45) is -0.137. The highest BCUT2D eigenvalue weighted by molar-refractivity contribution is 5.66. The highest BCUT2D eigenvalue weighted by Gasteiger charge is 2.21. The first-order valence-corrected chi connectivity index (χ1v) is 5.80. The van der Waals surface area contributed by atoms with Crippen molar-refractivity contribution in [3.63, 3.8) is 0 Å². The third kappa shape index (κ3) is 4.44. The molecule has 1 aromatic carbocycles. The zero-order valence-corrected chi connectivity index (χ0v) is 10.3. The standard InChI is InChI=1S/C10H13NO.C3H6O2/c1-8(12)9-4-2-3-5-10(9)11-6-7-11;1-2-3(4)5/h2-5,8,12H,6-7H2,1H3;2H2,1H3,(H,4,5). The Kier molecular flexibility index (Phi) is 4.97. The minimum absolute atomic E-state index is 0.222. The highest BCUT2D eigenvalue weighted by atomic mass is 16.4. The van der Waals surface area contributed by atoms with Crippen molar-refractivity contribution in [2.24, 2.45) is 0 Å². The lowest BCUT2D eigenvalue weighted by atomic mass is 10.1. The van der Waals surface area contributed by atoms with Gasteiger partial charge < -0.3 is 15.1 Å². The third-order valence-corrected chi connectivity index (χ3v) is 2.48. The fourth-order valence-electron chi connectivity index (χ4n) is 1.42. The van der Waals surface area contributed by atoms with Crippen molar-refractivity contribution < 1.29 is 15.0 Å². The van der Waals surface area contributed by atoms with E-state index < -0.39 is 5.97 Å². The number of carboxylic acids is 1. The van der Waals surface area contributed by atoms with Crippen LogP contribution in [0.2, 0.25) is 0 Å². The van der Waals surface area contributed by atoms with Crippen molar-refractivity contribution >= 4 is 11.7 Å². The number of aliphatic hydroxyl groups is 1. The van der Waals surface area contributed by atoms with Crippen molar-refractivity contribution in [1.29, 1.82) is 0 Å². The second kappa shape index (κ2) is 6.25. The lowest BCUT2D eigenvalue weighted by Crippen LogP contribution is -1.99. The van der Waals surface area contributed by atoms with Crippen molar-refractivity contribution in [1.82, 2.24) is 0 Å². The van der Waals surface area contributed by atoms with Crippen LogP contribution < -0.4 is 4.90 Å². The van der Waals surface area contributed by atoms with E-state index >= 15 is 0 Å². The van der Waals surface area contributed by atoms with Gasteiger partial charge in [0.25, 0.3) is 0 Å². The lowest BCUT2D eigenvalue weighted by molar-refractivity contribution is -0.136. The van der Waals surface area contributed by atoms with Gasteiger partial charge in [0.2, 0.25) is 0 Å². The Hall–Kier alpha value is -1.55. The van der Waals surface area contributed by atoms with E-state index in [-0.39, 0.29) is 12.5 Å². The fourth-order valence-corrected chi connectivity index (χ4v) is 1.42. The quantitative estimate of drug-likeness (QED) is 0.790. The van der Waals surface area contributed by atoms with E-state index in [9.17, 15) is 9.90 Å². The molecule has 1 atom stereocenters. The zero-order valence-electron chi connectivity index (χ0n) is 10.3. The summed E-state index contributed by atoms with van der Waals surface area (Å²) in [5.74, 6) is -0.745. The molecule has 4 heteroatoms. The second-order valence-electron chi connectivity index (χ2n) is 3.97. The number of para-hydroxylation sites is 1.